The van der Waals surface area contributed by atoms with E-state index in [1.54, 1.807) is 6.92 Å². The lowest BCUT2D eigenvalue weighted by molar-refractivity contribution is -0.125. The molecular formula is C10H22N2O2. The Morgan fingerprint density at radius 2 is 2.07 bits per heavy atom. The second-order valence-electron chi connectivity index (χ2n) is 3.69. The van der Waals surface area contributed by atoms with Crippen LogP contribution in [0.3, 0.4) is 0 Å². The van der Waals surface area contributed by atoms with E-state index in [0.717, 1.165) is 6.54 Å². The lowest BCUT2D eigenvalue weighted by Gasteiger charge is -2.24. The molecule has 0 aromatic carbocycles. The fourth-order valence-corrected chi connectivity index (χ4v) is 1.11. The van der Waals surface area contributed by atoms with Gasteiger partial charge in [-0.2, -0.15) is 0 Å². The summed E-state index contributed by atoms with van der Waals surface area (Å²) in [6.45, 7) is 6.92. The summed E-state index contributed by atoms with van der Waals surface area (Å²) in [4.78, 5) is 13.4. The zero-order valence-corrected chi connectivity index (χ0v) is 9.58. The van der Waals surface area contributed by atoms with Crippen LogP contribution in [0.15, 0.2) is 0 Å². The summed E-state index contributed by atoms with van der Waals surface area (Å²) in [5, 5.41) is 11.9. The van der Waals surface area contributed by atoms with E-state index in [-0.39, 0.29) is 18.1 Å². The van der Waals surface area contributed by atoms with E-state index >= 15 is 0 Å². The van der Waals surface area contributed by atoms with Gasteiger partial charge in [-0.05, 0) is 34.2 Å². The molecule has 0 aliphatic heterocycles. The van der Waals surface area contributed by atoms with Crippen LogP contribution in [0.1, 0.15) is 27.2 Å². The number of amides is 1. The summed E-state index contributed by atoms with van der Waals surface area (Å²) in [6.07, 6.45) is 0.388. The molecule has 0 aliphatic rings. The highest BCUT2D eigenvalue weighted by Crippen LogP contribution is 1.99. The SMILES string of the molecule is CCNC(=O)C(C)N(C)CCC(C)O. The highest BCUT2D eigenvalue weighted by molar-refractivity contribution is 5.81. The zero-order chi connectivity index (χ0) is 11.1. The van der Waals surface area contributed by atoms with Crippen molar-refractivity contribution in [3.63, 3.8) is 0 Å². The van der Waals surface area contributed by atoms with E-state index < -0.39 is 0 Å². The van der Waals surface area contributed by atoms with Crippen molar-refractivity contribution in [3.8, 4) is 0 Å². The second-order valence-corrected chi connectivity index (χ2v) is 3.69. The van der Waals surface area contributed by atoms with Crippen LogP contribution in [0, 0.1) is 0 Å². The molecule has 4 heteroatoms. The lowest BCUT2D eigenvalue weighted by atomic mass is 10.2. The summed E-state index contributed by atoms with van der Waals surface area (Å²) in [7, 11) is 1.89. The van der Waals surface area contributed by atoms with Crippen LogP contribution in [0.4, 0.5) is 0 Å². The first-order chi connectivity index (χ1) is 6.49. The predicted molar refractivity (Wildman–Crippen MR) is 57.1 cm³/mol. The van der Waals surface area contributed by atoms with E-state index in [1.165, 1.54) is 0 Å². The van der Waals surface area contributed by atoms with Gasteiger partial charge in [0.05, 0.1) is 12.1 Å². The number of rotatable bonds is 6. The number of hydrogen-bond donors (Lipinski definition) is 2. The number of aliphatic hydroxyl groups is 1. The molecule has 0 spiro atoms. The van der Waals surface area contributed by atoms with Crippen molar-refractivity contribution in [1.82, 2.24) is 10.2 Å². The van der Waals surface area contributed by atoms with Crippen LogP contribution in [0.5, 0.6) is 0 Å². The number of carbonyl (C=O) groups excluding carboxylic acids is 1. The largest absolute Gasteiger partial charge is 0.393 e. The second kappa shape index (κ2) is 6.79. The summed E-state index contributed by atoms with van der Waals surface area (Å²) < 4.78 is 0. The summed E-state index contributed by atoms with van der Waals surface area (Å²) in [5.74, 6) is 0.0422. The van der Waals surface area contributed by atoms with Gasteiger partial charge in [0.15, 0.2) is 0 Å². The number of carbonyl (C=O) groups is 1. The Balaban J connectivity index is 3.85. The van der Waals surface area contributed by atoms with Crippen molar-refractivity contribution < 1.29 is 9.90 Å². The van der Waals surface area contributed by atoms with Crippen molar-refractivity contribution in [2.24, 2.45) is 0 Å². The number of aliphatic hydroxyl groups excluding tert-OH is 1. The van der Waals surface area contributed by atoms with E-state index in [9.17, 15) is 4.79 Å². The van der Waals surface area contributed by atoms with Crippen LogP contribution >= 0.6 is 0 Å². The molecule has 0 fully saturated rings. The van der Waals surface area contributed by atoms with Gasteiger partial charge in [-0.15, -0.1) is 0 Å². The van der Waals surface area contributed by atoms with Crippen LogP contribution in [0.25, 0.3) is 0 Å². The molecule has 0 saturated heterocycles. The molecule has 2 atom stereocenters. The van der Waals surface area contributed by atoms with E-state index in [4.69, 9.17) is 5.11 Å². The maximum absolute atomic E-state index is 11.4. The van der Waals surface area contributed by atoms with Crippen LogP contribution < -0.4 is 5.32 Å². The van der Waals surface area contributed by atoms with Gasteiger partial charge in [-0.3, -0.25) is 9.69 Å². The third kappa shape index (κ3) is 5.19. The average Bonchev–Trinajstić information content (AvgIpc) is 2.13. The monoisotopic (exact) mass is 202 g/mol. The first kappa shape index (κ1) is 13.4. The smallest absolute Gasteiger partial charge is 0.237 e. The van der Waals surface area contributed by atoms with Gasteiger partial charge < -0.3 is 10.4 Å². The fourth-order valence-electron chi connectivity index (χ4n) is 1.11. The molecule has 0 saturated carbocycles. The van der Waals surface area contributed by atoms with Crippen molar-refractivity contribution in [2.75, 3.05) is 20.1 Å². The maximum Gasteiger partial charge on any atom is 0.237 e. The summed E-state index contributed by atoms with van der Waals surface area (Å²) in [5.41, 5.74) is 0. The molecule has 0 aromatic heterocycles. The highest BCUT2D eigenvalue weighted by atomic mass is 16.3. The van der Waals surface area contributed by atoms with Gasteiger partial charge in [-0.25, -0.2) is 0 Å². The fraction of sp³-hybridized carbons (Fsp3) is 0.900. The lowest BCUT2D eigenvalue weighted by Crippen LogP contribution is -2.43. The Bertz CT molecular complexity index is 172. The standard InChI is InChI=1S/C10H22N2O2/c1-5-11-10(14)9(3)12(4)7-6-8(2)13/h8-9,13H,5-7H2,1-4H3,(H,11,14). The number of hydrogen-bond acceptors (Lipinski definition) is 3. The summed E-state index contributed by atoms with van der Waals surface area (Å²) in [6, 6.07) is -0.131. The Hall–Kier alpha value is -0.610. The van der Waals surface area contributed by atoms with Crippen molar-refractivity contribution >= 4 is 5.91 Å². The number of nitrogens with zero attached hydrogens (tertiary/aromatic N) is 1. The van der Waals surface area contributed by atoms with E-state index in [1.807, 2.05) is 25.8 Å². The quantitative estimate of drug-likeness (QED) is 0.647. The molecule has 0 radical (unpaired) electrons. The topological polar surface area (TPSA) is 52.6 Å². The molecular weight excluding hydrogens is 180 g/mol. The molecule has 0 aromatic rings. The Morgan fingerprint density at radius 1 is 1.50 bits per heavy atom. The maximum atomic E-state index is 11.4. The van der Waals surface area contributed by atoms with Crippen LogP contribution in [-0.4, -0.2) is 48.2 Å². The molecule has 84 valence electrons. The van der Waals surface area contributed by atoms with E-state index in [2.05, 4.69) is 5.32 Å². The number of likely N-dealkylation sites (N-methyl/N-ethyl adjacent to an activating group) is 2. The minimum absolute atomic E-state index is 0.0422. The Morgan fingerprint density at radius 3 is 2.50 bits per heavy atom. The molecule has 4 nitrogen and oxygen atoms in total. The molecule has 0 bridgehead atoms. The minimum atomic E-state index is -0.307. The van der Waals surface area contributed by atoms with Crippen LogP contribution in [-0.2, 0) is 4.79 Å². The molecule has 14 heavy (non-hydrogen) atoms. The van der Waals surface area contributed by atoms with Gasteiger partial charge in [0.25, 0.3) is 0 Å². The van der Waals surface area contributed by atoms with Crippen molar-refractivity contribution in [3.05, 3.63) is 0 Å². The molecule has 0 heterocycles. The molecule has 0 rings (SSSR count). The zero-order valence-electron chi connectivity index (χ0n) is 9.58. The highest BCUT2D eigenvalue weighted by Gasteiger charge is 2.16. The van der Waals surface area contributed by atoms with Gasteiger partial charge in [-0.1, -0.05) is 0 Å². The van der Waals surface area contributed by atoms with Gasteiger partial charge in [0.2, 0.25) is 5.91 Å². The minimum Gasteiger partial charge on any atom is -0.393 e. The molecule has 2 unspecified atom stereocenters. The average molecular weight is 202 g/mol. The first-order valence-corrected chi connectivity index (χ1v) is 5.15. The third-order valence-corrected chi connectivity index (χ3v) is 2.29. The van der Waals surface area contributed by atoms with Crippen molar-refractivity contribution in [1.29, 1.82) is 0 Å². The number of nitrogens with one attached hydrogen (secondary N) is 1. The molecule has 0 aliphatic carbocycles. The van der Waals surface area contributed by atoms with Crippen molar-refractivity contribution in [2.45, 2.75) is 39.3 Å². The van der Waals surface area contributed by atoms with Gasteiger partial charge in [0, 0.05) is 13.1 Å². The summed E-state index contributed by atoms with van der Waals surface area (Å²) >= 11 is 0. The molecule has 2 N–H and O–H groups in total. The molecule has 1 amide bonds. The first-order valence-electron chi connectivity index (χ1n) is 5.15. The third-order valence-electron chi connectivity index (χ3n) is 2.29. The normalized spacial score (nSPS) is 15.3. The van der Waals surface area contributed by atoms with Crippen LogP contribution in [0.2, 0.25) is 0 Å². The predicted octanol–water partition coefficient (Wildman–Crippen LogP) is 0.214. The van der Waals surface area contributed by atoms with E-state index in [0.29, 0.717) is 13.0 Å². The van der Waals surface area contributed by atoms with Gasteiger partial charge in [0.1, 0.15) is 0 Å². The Kier molecular flexibility index (Phi) is 6.49. The Labute approximate surface area is 86.3 Å². The van der Waals surface area contributed by atoms with Gasteiger partial charge >= 0.3 is 0 Å².